The van der Waals surface area contributed by atoms with E-state index in [1.165, 1.54) is 0 Å². The molecule has 1 aromatic carbocycles. The lowest BCUT2D eigenvalue weighted by atomic mass is 10.2. The molecule has 2 aromatic heterocycles. The molecule has 1 saturated heterocycles. The minimum Gasteiger partial charge on any atom is -0.490 e. The van der Waals surface area contributed by atoms with E-state index in [9.17, 15) is 4.79 Å². The van der Waals surface area contributed by atoms with Crippen LogP contribution in [0.25, 0.3) is 0 Å². The van der Waals surface area contributed by atoms with Crippen LogP contribution in [0.1, 0.15) is 22.8 Å². The van der Waals surface area contributed by atoms with E-state index in [1.54, 1.807) is 36.8 Å². The van der Waals surface area contributed by atoms with Crippen molar-refractivity contribution in [2.45, 2.75) is 13.5 Å². The normalized spacial score (nSPS) is 14.1. The third-order valence-electron chi connectivity index (χ3n) is 5.46. The summed E-state index contributed by atoms with van der Waals surface area (Å²) in [5, 5.41) is 2.91. The predicted octanol–water partition coefficient (Wildman–Crippen LogP) is 3.46. The zero-order valence-corrected chi connectivity index (χ0v) is 19.0. The van der Waals surface area contributed by atoms with Gasteiger partial charge in [-0.3, -0.25) is 9.78 Å². The van der Waals surface area contributed by atoms with Crippen molar-refractivity contribution in [3.05, 3.63) is 72.2 Å². The number of pyridine rings is 2. The highest BCUT2D eigenvalue weighted by Gasteiger charge is 2.16. The van der Waals surface area contributed by atoms with Crippen LogP contribution in [0.5, 0.6) is 11.5 Å². The standard InChI is InChI=1S/C25H29N5O3/c1-3-32-23-15-20(6-8-22(23)33-18-19-5-4-10-26-16-19)25(31)28-21-7-9-24(27-17-21)30-13-11-29(2)12-14-30/h4-10,15-17H,3,11-14,18H2,1-2H3,(H,28,31). The number of carbonyl (C=O) groups excluding carboxylic acids is 1. The van der Waals surface area contributed by atoms with Gasteiger partial charge in [-0.15, -0.1) is 0 Å². The molecule has 0 unspecified atom stereocenters. The second kappa shape index (κ2) is 10.8. The maximum atomic E-state index is 12.8. The van der Waals surface area contributed by atoms with E-state index in [-0.39, 0.29) is 5.91 Å². The topological polar surface area (TPSA) is 79.8 Å². The minimum absolute atomic E-state index is 0.232. The first-order valence-corrected chi connectivity index (χ1v) is 11.1. The molecule has 4 rings (SSSR count). The fraction of sp³-hybridized carbons (Fsp3) is 0.320. The fourth-order valence-corrected chi connectivity index (χ4v) is 3.57. The van der Waals surface area contributed by atoms with Crippen LogP contribution in [0.3, 0.4) is 0 Å². The number of benzene rings is 1. The molecule has 33 heavy (non-hydrogen) atoms. The Morgan fingerprint density at radius 2 is 1.88 bits per heavy atom. The van der Waals surface area contributed by atoms with Gasteiger partial charge in [0.1, 0.15) is 12.4 Å². The maximum absolute atomic E-state index is 12.8. The zero-order valence-electron chi connectivity index (χ0n) is 19.0. The second-order valence-corrected chi connectivity index (χ2v) is 7.89. The molecular weight excluding hydrogens is 418 g/mol. The van der Waals surface area contributed by atoms with Gasteiger partial charge in [0.25, 0.3) is 5.91 Å². The van der Waals surface area contributed by atoms with Gasteiger partial charge in [0, 0.05) is 49.7 Å². The van der Waals surface area contributed by atoms with Gasteiger partial charge in [-0.2, -0.15) is 0 Å². The van der Waals surface area contributed by atoms with Crippen LogP contribution in [0.4, 0.5) is 11.5 Å². The molecule has 1 N–H and O–H groups in total. The quantitative estimate of drug-likeness (QED) is 0.566. The van der Waals surface area contributed by atoms with Crippen molar-refractivity contribution in [2.24, 2.45) is 0 Å². The van der Waals surface area contributed by atoms with Crippen LogP contribution in [0.2, 0.25) is 0 Å². The lowest BCUT2D eigenvalue weighted by Crippen LogP contribution is -2.44. The summed E-state index contributed by atoms with van der Waals surface area (Å²) >= 11 is 0. The number of likely N-dealkylation sites (N-methyl/N-ethyl adjacent to an activating group) is 1. The first kappa shape index (κ1) is 22.5. The summed E-state index contributed by atoms with van der Waals surface area (Å²) in [5.41, 5.74) is 2.08. The van der Waals surface area contributed by atoms with Crippen LogP contribution in [0, 0.1) is 0 Å². The molecule has 3 aromatic rings. The average Bonchev–Trinajstić information content (AvgIpc) is 2.85. The molecular formula is C25H29N5O3. The average molecular weight is 448 g/mol. The third-order valence-corrected chi connectivity index (χ3v) is 5.46. The molecule has 0 spiro atoms. The van der Waals surface area contributed by atoms with E-state index >= 15 is 0 Å². The fourth-order valence-electron chi connectivity index (χ4n) is 3.57. The minimum atomic E-state index is -0.232. The van der Waals surface area contributed by atoms with Crippen molar-refractivity contribution in [2.75, 3.05) is 50.1 Å². The molecule has 0 radical (unpaired) electrons. The molecule has 0 atom stereocenters. The highest BCUT2D eigenvalue weighted by atomic mass is 16.5. The monoisotopic (exact) mass is 447 g/mol. The number of amides is 1. The molecule has 1 fully saturated rings. The molecule has 8 heteroatoms. The lowest BCUT2D eigenvalue weighted by molar-refractivity contribution is 0.102. The van der Waals surface area contributed by atoms with Gasteiger partial charge in [-0.05, 0) is 50.4 Å². The molecule has 0 saturated carbocycles. The Labute approximate surface area is 194 Å². The number of piperazine rings is 1. The van der Waals surface area contributed by atoms with E-state index in [0.717, 1.165) is 37.6 Å². The molecule has 0 aliphatic carbocycles. The Balaban J connectivity index is 1.40. The molecule has 172 valence electrons. The Morgan fingerprint density at radius 1 is 1.03 bits per heavy atom. The smallest absolute Gasteiger partial charge is 0.255 e. The molecule has 0 bridgehead atoms. The lowest BCUT2D eigenvalue weighted by Gasteiger charge is -2.33. The van der Waals surface area contributed by atoms with Gasteiger partial charge in [0.2, 0.25) is 0 Å². The molecule has 1 amide bonds. The summed E-state index contributed by atoms with van der Waals surface area (Å²) in [7, 11) is 2.12. The number of aromatic nitrogens is 2. The van der Waals surface area contributed by atoms with Crippen LogP contribution in [-0.2, 0) is 6.61 Å². The van der Waals surface area contributed by atoms with Crippen molar-refractivity contribution in [3.8, 4) is 11.5 Å². The SMILES string of the molecule is CCOc1cc(C(=O)Nc2ccc(N3CCN(C)CC3)nc2)ccc1OCc1cccnc1. The number of hydrogen-bond donors (Lipinski definition) is 1. The maximum Gasteiger partial charge on any atom is 0.255 e. The number of rotatable bonds is 8. The Bertz CT molecular complexity index is 1050. The second-order valence-electron chi connectivity index (χ2n) is 7.89. The summed E-state index contributed by atoms with van der Waals surface area (Å²) in [5.74, 6) is 1.80. The summed E-state index contributed by atoms with van der Waals surface area (Å²) in [6.45, 7) is 6.66. The predicted molar refractivity (Wildman–Crippen MR) is 128 cm³/mol. The van der Waals surface area contributed by atoms with E-state index in [4.69, 9.17) is 9.47 Å². The van der Waals surface area contributed by atoms with Gasteiger partial charge in [-0.1, -0.05) is 6.07 Å². The van der Waals surface area contributed by atoms with Crippen molar-refractivity contribution in [1.29, 1.82) is 0 Å². The van der Waals surface area contributed by atoms with Gasteiger partial charge in [0.15, 0.2) is 11.5 Å². The molecule has 1 aliphatic rings. The van der Waals surface area contributed by atoms with Crippen molar-refractivity contribution >= 4 is 17.4 Å². The Hall–Kier alpha value is -3.65. The third kappa shape index (κ3) is 5.98. The largest absolute Gasteiger partial charge is 0.490 e. The zero-order chi connectivity index (χ0) is 23.0. The number of ether oxygens (including phenoxy) is 2. The Morgan fingerprint density at radius 3 is 2.58 bits per heavy atom. The van der Waals surface area contributed by atoms with E-state index in [1.807, 2.05) is 31.2 Å². The first-order chi connectivity index (χ1) is 16.1. The highest BCUT2D eigenvalue weighted by molar-refractivity contribution is 6.04. The first-order valence-electron chi connectivity index (χ1n) is 11.1. The summed E-state index contributed by atoms with van der Waals surface area (Å²) < 4.78 is 11.6. The molecule has 1 aliphatic heterocycles. The van der Waals surface area contributed by atoms with E-state index < -0.39 is 0 Å². The highest BCUT2D eigenvalue weighted by Crippen LogP contribution is 2.29. The van der Waals surface area contributed by atoms with Gasteiger partial charge < -0.3 is 24.6 Å². The van der Waals surface area contributed by atoms with Crippen molar-refractivity contribution < 1.29 is 14.3 Å². The van der Waals surface area contributed by atoms with E-state index in [0.29, 0.717) is 36.0 Å². The number of anilines is 2. The van der Waals surface area contributed by atoms with E-state index in [2.05, 4.69) is 32.1 Å². The number of hydrogen-bond acceptors (Lipinski definition) is 7. The Kier molecular flexibility index (Phi) is 7.36. The van der Waals surface area contributed by atoms with Crippen molar-refractivity contribution in [1.82, 2.24) is 14.9 Å². The number of nitrogens with zero attached hydrogens (tertiary/aromatic N) is 4. The number of nitrogens with one attached hydrogen (secondary N) is 1. The molecule has 8 nitrogen and oxygen atoms in total. The summed E-state index contributed by atoms with van der Waals surface area (Å²) in [4.78, 5) is 26.0. The van der Waals surface area contributed by atoms with Crippen LogP contribution in [-0.4, -0.2) is 60.6 Å². The van der Waals surface area contributed by atoms with Gasteiger partial charge >= 0.3 is 0 Å². The van der Waals surface area contributed by atoms with Gasteiger partial charge in [0.05, 0.1) is 18.5 Å². The summed E-state index contributed by atoms with van der Waals surface area (Å²) in [6, 6.07) is 12.8. The van der Waals surface area contributed by atoms with Crippen LogP contribution in [0.15, 0.2) is 61.1 Å². The van der Waals surface area contributed by atoms with Gasteiger partial charge in [-0.25, -0.2) is 4.98 Å². The van der Waals surface area contributed by atoms with Crippen LogP contribution < -0.4 is 19.7 Å². The van der Waals surface area contributed by atoms with Crippen LogP contribution >= 0.6 is 0 Å². The molecule has 3 heterocycles. The summed E-state index contributed by atoms with van der Waals surface area (Å²) in [6.07, 6.45) is 5.17. The number of carbonyl (C=O) groups is 1. The van der Waals surface area contributed by atoms with Crippen molar-refractivity contribution in [3.63, 3.8) is 0 Å².